The lowest BCUT2D eigenvalue weighted by atomic mass is 10.1. The van der Waals surface area contributed by atoms with E-state index >= 15 is 0 Å². The maximum atomic E-state index is 13.2. The second-order valence-corrected chi connectivity index (χ2v) is 9.82. The van der Waals surface area contributed by atoms with Crippen molar-refractivity contribution in [2.24, 2.45) is 0 Å². The number of rotatable bonds is 9. The largest absolute Gasteiger partial charge is 0.462 e. The van der Waals surface area contributed by atoms with E-state index in [9.17, 15) is 22.8 Å². The van der Waals surface area contributed by atoms with Gasteiger partial charge in [0.1, 0.15) is 9.88 Å². The summed E-state index contributed by atoms with van der Waals surface area (Å²) in [5, 5.41) is 2.72. The van der Waals surface area contributed by atoms with Gasteiger partial charge < -0.3 is 14.8 Å². The fourth-order valence-corrected chi connectivity index (χ4v) is 5.37. The van der Waals surface area contributed by atoms with E-state index < -0.39 is 27.9 Å². The lowest BCUT2D eigenvalue weighted by Gasteiger charge is -2.13. The summed E-state index contributed by atoms with van der Waals surface area (Å²) < 4.78 is 38.1. The second-order valence-electron chi connectivity index (χ2n) is 7.12. The van der Waals surface area contributed by atoms with E-state index in [0.29, 0.717) is 5.56 Å². The number of esters is 2. The Morgan fingerprint density at radius 3 is 2.14 bits per heavy atom. The minimum atomic E-state index is -3.95. The fraction of sp³-hybridized carbons (Fsp3) is 0.208. The van der Waals surface area contributed by atoms with Crippen molar-refractivity contribution in [3.63, 3.8) is 0 Å². The van der Waals surface area contributed by atoms with Crippen LogP contribution in [0.3, 0.4) is 0 Å². The first-order valence-electron chi connectivity index (χ1n) is 10.7. The average Bonchev–Trinajstić information content (AvgIpc) is 3.15. The molecule has 184 valence electrons. The van der Waals surface area contributed by atoms with Crippen LogP contribution >= 0.6 is 11.3 Å². The van der Waals surface area contributed by atoms with Crippen LogP contribution in [0.1, 0.15) is 49.8 Å². The number of hydrogen-bond donors (Lipinski definition) is 2. The summed E-state index contributed by atoms with van der Waals surface area (Å²) >= 11 is 0.881. The number of hydrogen-bond acceptors (Lipinski definition) is 8. The molecule has 9 nitrogen and oxygen atoms in total. The molecule has 0 aliphatic rings. The summed E-state index contributed by atoms with van der Waals surface area (Å²) in [4.78, 5) is 38.3. The molecule has 3 rings (SSSR count). The number of amides is 1. The Morgan fingerprint density at radius 1 is 0.886 bits per heavy atom. The predicted molar refractivity (Wildman–Crippen MR) is 133 cm³/mol. The molecule has 0 saturated carbocycles. The number of sulfonamides is 1. The zero-order valence-corrected chi connectivity index (χ0v) is 20.9. The molecule has 0 radical (unpaired) electrons. The van der Waals surface area contributed by atoms with Crippen LogP contribution in [0.25, 0.3) is 0 Å². The first-order valence-corrected chi connectivity index (χ1v) is 12.9. The van der Waals surface area contributed by atoms with E-state index in [4.69, 9.17) is 9.47 Å². The number of carbonyl (C=O) groups excluding carboxylic acids is 3. The summed E-state index contributed by atoms with van der Waals surface area (Å²) in [6.45, 7) is 5.09. The summed E-state index contributed by atoms with van der Waals surface area (Å²) in [7, 11) is -3.95. The predicted octanol–water partition coefficient (Wildman–Crippen LogP) is 4.46. The fourth-order valence-electron chi connectivity index (χ4n) is 3.19. The van der Waals surface area contributed by atoms with E-state index in [2.05, 4.69) is 10.0 Å². The third-order valence-electron chi connectivity index (χ3n) is 4.78. The number of ether oxygens (including phenoxy) is 2. The van der Waals surface area contributed by atoms with Gasteiger partial charge >= 0.3 is 11.9 Å². The number of nitrogens with one attached hydrogen (secondary N) is 2. The number of carbonyl (C=O) groups is 3. The Hall–Kier alpha value is -3.70. The van der Waals surface area contributed by atoms with Crippen molar-refractivity contribution in [1.82, 2.24) is 0 Å². The molecule has 1 heterocycles. The third kappa shape index (κ3) is 5.87. The molecular weight excluding hydrogens is 492 g/mol. The topological polar surface area (TPSA) is 128 Å². The van der Waals surface area contributed by atoms with Crippen molar-refractivity contribution < 1.29 is 32.3 Å². The van der Waals surface area contributed by atoms with Crippen LogP contribution in [0.4, 0.5) is 10.7 Å². The van der Waals surface area contributed by atoms with Gasteiger partial charge in [-0.2, -0.15) is 0 Å². The van der Waals surface area contributed by atoms with Crippen LogP contribution < -0.4 is 10.0 Å². The molecule has 0 aliphatic carbocycles. The molecule has 3 aromatic rings. The molecule has 0 fully saturated rings. The van der Waals surface area contributed by atoms with Crippen molar-refractivity contribution in [2.45, 2.75) is 25.7 Å². The van der Waals surface area contributed by atoms with E-state index in [1.807, 2.05) is 0 Å². The van der Waals surface area contributed by atoms with Crippen LogP contribution in [0.15, 0.2) is 59.5 Å². The number of para-hydroxylation sites is 1. The van der Waals surface area contributed by atoms with Crippen molar-refractivity contribution in [3.8, 4) is 0 Å². The van der Waals surface area contributed by atoms with Gasteiger partial charge in [0.25, 0.3) is 15.9 Å². The summed E-state index contributed by atoms with van der Waals surface area (Å²) in [6.07, 6.45) is 0. The average molecular weight is 517 g/mol. The summed E-state index contributed by atoms with van der Waals surface area (Å²) in [5.74, 6) is -2.01. The number of thiophene rings is 1. The normalized spacial score (nSPS) is 10.9. The number of anilines is 2. The highest BCUT2D eigenvalue weighted by molar-refractivity contribution is 7.92. The molecule has 35 heavy (non-hydrogen) atoms. The smallest absolute Gasteiger partial charge is 0.348 e. The quantitative estimate of drug-likeness (QED) is 0.402. The Kier molecular flexibility index (Phi) is 8.26. The van der Waals surface area contributed by atoms with Crippen LogP contribution in [-0.4, -0.2) is 39.5 Å². The molecular formula is C24H24N2O7S2. The standard InChI is InChI=1S/C24H24N2O7S2/c1-4-32-23(28)19-15(3)20(24(29)33-5-2)34-22(19)25-21(27)17-13-9-10-14-18(17)26-35(30,31)16-11-7-6-8-12-16/h6-14,26H,4-5H2,1-3H3,(H,25,27). The molecule has 0 atom stereocenters. The Bertz CT molecular complexity index is 1350. The molecule has 0 bridgehead atoms. The van der Waals surface area contributed by atoms with Gasteiger partial charge in [-0.25, -0.2) is 18.0 Å². The molecule has 11 heteroatoms. The molecule has 1 amide bonds. The first kappa shape index (κ1) is 25.9. The molecule has 0 saturated heterocycles. The highest BCUT2D eigenvalue weighted by atomic mass is 32.2. The minimum Gasteiger partial charge on any atom is -0.462 e. The van der Waals surface area contributed by atoms with Crippen LogP contribution in [-0.2, 0) is 19.5 Å². The summed E-state index contributed by atoms with van der Waals surface area (Å²) in [6, 6.07) is 13.8. The maximum Gasteiger partial charge on any atom is 0.348 e. The van der Waals surface area contributed by atoms with Crippen molar-refractivity contribution >= 4 is 49.9 Å². The molecule has 0 spiro atoms. The molecule has 2 aromatic carbocycles. The van der Waals surface area contributed by atoms with Gasteiger partial charge in [-0.1, -0.05) is 30.3 Å². The SMILES string of the molecule is CCOC(=O)c1sc(NC(=O)c2ccccc2NS(=O)(=O)c2ccccc2)c(C(=O)OCC)c1C. The third-order valence-corrected chi connectivity index (χ3v) is 7.35. The number of benzene rings is 2. The van der Waals surface area contributed by atoms with Gasteiger partial charge in [-0.15, -0.1) is 11.3 Å². The van der Waals surface area contributed by atoms with Crippen molar-refractivity contribution in [1.29, 1.82) is 0 Å². The lowest BCUT2D eigenvalue weighted by Crippen LogP contribution is -2.19. The second kappa shape index (κ2) is 11.2. The molecule has 1 aromatic heterocycles. The van der Waals surface area contributed by atoms with Crippen molar-refractivity contribution in [2.75, 3.05) is 23.3 Å². The molecule has 2 N–H and O–H groups in total. The maximum absolute atomic E-state index is 13.2. The Labute approximate surface area is 207 Å². The van der Waals surface area contributed by atoms with Gasteiger partial charge in [0, 0.05) is 0 Å². The molecule has 0 aliphatic heterocycles. The van der Waals surface area contributed by atoms with Crippen LogP contribution in [0.5, 0.6) is 0 Å². The van der Waals surface area contributed by atoms with Crippen LogP contribution in [0.2, 0.25) is 0 Å². The van der Waals surface area contributed by atoms with Gasteiger partial charge in [0.15, 0.2) is 0 Å². The molecule has 0 unspecified atom stereocenters. The highest BCUT2D eigenvalue weighted by Crippen LogP contribution is 2.35. The van der Waals surface area contributed by atoms with E-state index in [1.165, 1.54) is 24.3 Å². The Balaban J connectivity index is 1.97. The van der Waals surface area contributed by atoms with E-state index in [1.54, 1.807) is 51.1 Å². The highest BCUT2D eigenvalue weighted by Gasteiger charge is 2.28. The van der Waals surface area contributed by atoms with Crippen molar-refractivity contribution in [3.05, 3.63) is 76.2 Å². The lowest BCUT2D eigenvalue weighted by molar-refractivity contribution is 0.0527. The minimum absolute atomic E-state index is 0.0190. The zero-order valence-electron chi connectivity index (χ0n) is 19.3. The van der Waals surface area contributed by atoms with E-state index in [-0.39, 0.29) is 44.8 Å². The van der Waals surface area contributed by atoms with Crippen LogP contribution in [0, 0.1) is 6.92 Å². The monoisotopic (exact) mass is 516 g/mol. The first-order chi connectivity index (χ1) is 16.7. The van der Waals surface area contributed by atoms with Gasteiger partial charge in [-0.05, 0) is 50.6 Å². The summed E-state index contributed by atoms with van der Waals surface area (Å²) in [5.41, 5.74) is 0.423. The van der Waals surface area contributed by atoms with E-state index in [0.717, 1.165) is 11.3 Å². The zero-order chi connectivity index (χ0) is 25.6. The van der Waals surface area contributed by atoms with Gasteiger partial charge in [0.2, 0.25) is 0 Å². The Morgan fingerprint density at radius 2 is 1.49 bits per heavy atom. The van der Waals surface area contributed by atoms with Gasteiger partial charge in [-0.3, -0.25) is 9.52 Å². The van der Waals surface area contributed by atoms with Gasteiger partial charge in [0.05, 0.1) is 34.9 Å².